The molecule has 0 unspecified atom stereocenters. The van der Waals surface area contributed by atoms with E-state index in [1.165, 1.54) is 23.4 Å². The van der Waals surface area contributed by atoms with Crippen LogP contribution in [-0.4, -0.2) is 36.8 Å². The first-order chi connectivity index (χ1) is 10.7. The average molecular weight is 339 g/mol. The molecule has 126 valence electrons. The summed E-state index contributed by atoms with van der Waals surface area (Å²) in [6, 6.07) is 0.0897. The highest BCUT2D eigenvalue weighted by Gasteiger charge is 2.15. The molecule has 0 aliphatic carbocycles. The highest BCUT2D eigenvalue weighted by atomic mass is 32.2. The van der Waals surface area contributed by atoms with E-state index in [0.717, 1.165) is 4.57 Å². The molecule has 0 aromatic carbocycles. The van der Waals surface area contributed by atoms with Crippen LogP contribution in [0.5, 0.6) is 0 Å². The first-order valence-corrected chi connectivity index (χ1v) is 8.28. The Balaban J connectivity index is 2.18. The lowest BCUT2D eigenvalue weighted by atomic mass is 10.1. The van der Waals surface area contributed by atoms with Crippen molar-refractivity contribution in [2.24, 2.45) is 20.0 Å². The number of imidazole rings is 1. The number of hydrogen-bond donors (Lipinski definition) is 2. The number of nitrogens with one attached hydrogen (secondary N) is 2. The number of aryl methyl sites for hydroxylation is 1. The van der Waals surface area contributed by atoms with Crippen molar-refractivity contribution < 1.29 is 4.79 Å². The second-order valence-corrected chi connectivity index (χ2v) is 6.80. The molecular formula is C14H21N5O3S. The third kappa shape index (κ3) is 3.49. The Morgan fingerprint density at radius 3 is 2.52 bits per heavy atom. The molecule has 0 spiro atoms. The van der Waals surface area contributed by atoms with Crippen LogP contribution in [0, 0.1) is 5.92 Å². The average Bonchev–Trinajstić information content (AvgIpc) is 2.93. The molecule has 0 saturated heterocycles. The van der Waals surface area contributed by atoms with Crippen molar-refractivity contribution >= 4 is 28.8 Å². The van der Waals surface area contributed by atoms with Crippen LogP contribution in [0.1, 0.15) is 20.8 Å². The Morgan fingerprint density at radius 1 is 1.26 bits per heavy atom. The first kappa shape index (κ1) is 17.3. The van der Waals surface area contributed by atoms with Gasteiger partial charge in [-0.05, 0) is 12.8 Å². The van der Waals surface area contributed by atoms with Gasteiger partial charge in [0.2, 0.25) is 5.91 Å². The van der Waals surface area contributed by atoms with Crippen molar-refractivity contribution in [3.8, 4) is 0 Å². The number of hydrogen-bond acceptors (Lipinski definition) is 5. The fraction of sp³-hybridized carbons (Fsp3) is 0.571. The minimum absolute atomic E-state index is 0.0897. The minimum atomic E-state index is -0.436. The molecule has 0 aliphatic heterocycles. The van der Waals surface area contributed by atoms with E-state index >= 15 is 0 Å². The summed E-state index contributed by atoms with van der Waals surface area (Å²) in [7, 11) is 2.97. The zero-order chi connectivity index (χ0) is 17.3. The van der Waals surface area contributed by atoms with E-state index in [1.807, 2.05) is 20.8 Å². The molecule has 0 bridgehead atoms. The molecule has 2 N–H and O–H groups in total. The van der Waals surface area contributed by atoms with Gasteiger partial charge in [-0.25, -0.2) is 9.78 Å². The van der Waals surface area contributed by atoms with Crippen molar-refractivity contribution in [3.63, 3.8) is 0 Å². The van der Waals surface area contributed by atoms with Gasteiger partial charge in [-0.1, -0.05) is 25.6 Å². The molecule has 2 aromatic rings. The van der Waals surface area contributed by atoms with Crippen molar-refractivity contribution in [1.29, 1.82) is 0 Å². The Labute approximate surface area is 137 Å². The topological polar surface area (TPSA) is 102 Å². The number of carbonyl (C=O) groups is 1. The molecule has 23 heavy (non-hydrogen) atoms. The lowest BCUT2D eigenvalue weighted by molar-refractivity contribution is -0.119. The molecule has 0 aliphatic rings. The number of thioether (sulfide) groups is 1. The predicted molar refractivity (Wildman–Crippen MR) is 89.7 cm³/mol. The van der Waals surface area contributed by atoms with Crippen molar-refractivity contribution in [3.05, 3.63) is 20.8 Å². The van der Waals surface area contributed by atoms with Gasteiger partial charge in [0.05, 0.1) is 5.75 Å². The third-order valence-electron chi connectivity index (χ3n) is 3.80. The van der Waals surface area contributed by atoms with E-state index in [9.17, 15) is 14.4 Å². The number of carbonyl (C=O) groups excluding carboxylic acids is 1. The summed E-state index contributed by atoms with van der Waals surface area (Å²) in [5.74, 6) is 0.441. The van der Waals surface area contributed by atoms with Crippen LogP contribution in [0.3, 0.4) is 0 Å². The van der Waals surface area contributed by atoms with Crippen LogP contribution < -0.4 is 16.6 Å². The first-order valence-electron chi connectivity index (χ1n) is 7.30. The zero-order valence-corrected chi connectivity index (χ0v) is 14.7. The quantitative estimate of drug-likeness (QED) is 0.759. The lowest BCUT2D eigenvalue weighted by Gasteiger charge is -2.16. The predicted octanol–water partition coefficient (Wildman–Crippen LogP) is 0.213. The molecule has 9 heteroatoms. The van der Waals surface area contributed by atoms with Gasteiger partial charge in [-0.15, -0.1) is 0 Å². The second-order valence-electron chi connectivity index (χ2n) is 5.84. The van der Waals surface area contributed by atoms with Crippen LogP contribution >= 0.6 is 11.8 Å². The van der Waals surface area contributed by atoms with Crippen molar-refractivity contribution in [1.82, 2.24) is 24.4 Å². The van der Waals surface area contributed by atoms with Gasteiger partial charge >= 0.3 is 5.69 Å². The fourth-order valence-corrected chi connectivity index (χ4v) is 2.65. The maximum Gasteiger partial charge on any atom is 0.332 e. The summed E-state index contributed by atoms with van der Waals surface area (Å²) in [6.07, 6.45) is 0. The SMILES string of the molecule is CC(C)[C@H](C)NC(=O)CSc1nc2c([nH]1)c(=O)n(C)c(=O)n2C. The number of amides is 1. The molecule has 1 amide bonds. The summed E-state index contributed by atoms with van der Waals surface area (Å²) in [6.45, 7) is 6.02. The lowest BCUT2D eigenvalue weighted by Crippen LogP contribution is -2.37. The molecule has 2 heterocycles. The van der Waals surface area contributed by atoms with E-state index in [2.05, 4.69) is 15.3 Å². The second kappa shape index (κ2) is 6.61. The van der Waals surface area contributed by atoms with E-state index < -0.39 is 11.2 Å². The maximum absolute atomic E-state index is 12.1. The molecule has 8 nitrogen and oxygen atoms in total. The number of aromatic amines is 1. The Morgan fingerprint density at radius 2 is 1.91 bits per heavy atom. The number of H-pyrrole nitrogens is 1. The Bertz CT molecular complexity index is 848. The number of nitrogens with zero attached hydrogens (tertiary/aromatic N) is 3. The van der Waals surface area contributed by atoms with Crippen LogP contribution in [-0.2, 0) is 18.9 Å². The molecule has 0 saturated carbocycles. The minimum Gasteiger partial charge on any atom is -0.353 e. The number of aromatic nitrogens is 4. The molecule has 2 aromatic heterocycles. The van der Waals surface area contributed by atoms with Crippen LogP contribution in [0.25, 0.3) is 11.2 Å². The smallest absolute Gasteiger partial charge is 0.332 e. The van der Waals surface area contributed by atoms with Crippen molar-refractivity contribution in [2.75, 3.05) is 5.75 Å². The summed E-state index contributed by atoms with van der Waals surface area (Å²) in [5.41, 5.74) is -0.320. The normalized spacial score (nSPS) is 12.8. The third-order valence-corrected chi connectivity index (χ3v) is 4.68. The summed E-state index contributed by atoms with van der Waals surface area (Å²) < 4.78 is 2.32. The number of rotatable bonds is 5. The summed E-state index contributed by atoms with van der Waals surface area (Å²) in [5, 5.41) is 3.34. The van der Waals surface area contributed by atoms with Gasteiger partial charge < -0.3 is 10.3 Å². The van der Waals surface area contributed by atoms with E-state index in [1.54, 1.807) is 7.05 Å². The van der Waals surface area contributed by atoms with E-state index in [4.69, 9.17) is 0 Å². The fourth-order valence-electron chi connectivity index (χ4n) is 1.97. The van der Waals surface area contributed by atoms with Crippen molar-refractivity contribution in [2.45, 2.75) is 32.0 Å². The molecule has 1 atom stereocenters. The van der Waals surface area contributed by atoms with Gasteiger partial charge in [0.15, 0.2) is 16.3 Å². The standard InChI is InChI=1S/C14H21N5O3S/c1-7(2)8(3)15-9(20)6-23-13-16-10-11(17-13)18(4)14(22)19(5)12(10)21/h7-8H,6H2,1-5H3,(H,15,20)(H,16,17)/t8-/m0/s1. The van der Waals surface area contributed by atoms with Gasteiger partial charge in [-0.2, -0.15) is 0 Å². The molecule has 0 fully saturated rings. The van der Waals surface area contributed by atoms with Crippen LogP contribution in [0.4, 0.5) is 0 Å². The highest BCUT2D eigenvalue weighted by Crippen LogP contribution is 2.16. The Kier molecular flexibility index (Phi) is 4.98. The van der Waals surface area contributed by atoms with E-state index in [-0.39, 0.29) is 28.9 Å². The Hall–Kier alpha value is -2.03. The monoisotopic (exact) mass is 339 g/mol. The van der Waals surface area contributed by atoms with Gasteiger partial charge in [0.1, 0.15) is 0 Å². The van der Waals surface area contributed by atoms with Crippen LogP contribution in [0.15, 0.2) is 14.7 Å². The summed E-state index contributed by atoms with van der Waals surface area (Å²) >= 11 is 1.19. The largest absolute Gasteiger partial charge is 0.353 e. The maximum atomic E-state index is 12.1. The van der Waals surface area contributed by atoms with Gasteiger partial charge in [0, 0.05) is 20.1 Å². The molecular weight excluding hydrogens is 318 g/mol. The number of fused-ring (bicyclic) bond motifs is 1. The molecule has 2 rings (SSSR count). The van der Waals surface area contributed by atoms with Crippen LogP contribution in [0.2, 0.25) is 0 Å². The molecule has 0 radical (unpaired) electrons. The van der Waals surface area contributed by atoms with Gasteiger partial charge in [0.25, 0.3) is 5.56 Å². The zero-order valence-electron chi connectivity index (χ0n) is 13.8. The highest BCUT2D eigenvalue weighted by molar-refractivity contribution is 7.99. The van der Waals surface area contributed by atoms with E-state index in [0.29, 0.717) is 11.1 Å². The van der Waals surface area contributed by atoms with Gasteiger partial charge in [-0.3, -0.25) is 18.7 Å². The summed E-state index contributed by atoms with van der Waals surface area (Å²) in [4.78, 5) is 42.9.